The van der Waals surface area contributed by atoms with Crippen LogP contribution >= 0.6 is 0 Å². The number of alkyl halides is 2. The van der Waals surface area contributed by atoms with E-state index < -0.39 is 18.0 Å². The van der Waals surface area contributed by atoms with Crippen LogP contribution in [0.15, 0.2) is 36.7 Å². The van der Waals surface area contributed by atoms with Gasteiger partial charge in [0.05, 0.1) is 23.0 Å². The monoisotopic (exact) mass is 470 g/mol. The van der Waals surface area contributed by atoms with E-state index in [1.54, 1.807) is 12.3 Å². The summed E-state index contributed by atoms with van der Waals surface area (Å²) in [6.45, 7) is 10.1. The van der Waals surface area contributed by atoms with Gasteiger partial charge in [-0.15, -0.1) is 0 Å². The topological polar surface area (TPSA) is 77.8 Å². The maximum atomic E-state index is 13.0. The summed E-state index contributed by atoms with van der Waals surface area (Å²) in [5.74, 6) is -0.162. The number of imidazole rings is 1. The smallest absolute Gasteiger partial charge is 0.280 e. The van der Waals surface area contributed by atoms with Crippen LogP contribution in [0.25, 0.3) is 5.65 Å². The van der Waals surface area contributed by atoms with Crippen LogP contribution in [-0.4, -0.2) is 37.6 Å². The predicted molar refractivity (Wildman–Crippen MR) is 123 cm³/mol. The molecular weight excluding hydrogens is 442 g/mol. The van der Waals surface area contributed by atoms with Crippen molar-refractivity contribution in [2.75, 3.05) is 5.32 Å². The van der Waals surface area contributed by atoms with Crippen molar-refractivity contribution in [1.82, 2.24) is 14.4 Å². The molecule has 3 aromatic heterocycles. The Morgan fingerprint density at radius 1 is 1.18 bits per heavy atom. The lowest BCUT2D eigenvalue weighted by atomic mass is 9.56. The molecule has 2 saturated heterocycles. The van der Waals surface area contributed by atoms with Crippen molar-refractivity contribution in [3.05, 3.63) is 53.7 Å². The molecular formula is C25H28F2N4O3. The van der Waals surface area contributed by atoms with Crippen molar-refractivity contribution in [3.8, 4) is 5.75 Å². The lowest BCUT2D eigenvalue weighted by Crippen LogP contribution is -2.50. The summed E-state index contributed by atoms with van der Waals surface area (Å²) in [7, 11) is 0. The van der Waals surface area contributed by atoms with Crippen molar-refractivity contribution in [1.29, 1.82) is 0 Å². The van der Waals surface area contributed by atoms with E-state index in [4.69, 9.17) is 14.5 Å². The second-order valence-electron chi connectivity index (χ2n) is 10.3. The highest BCUT2D eigenvalue weighted by atomic mass is 19.3. The molecule has 1 N–H and O–H groups in total. The third kappa shape index (κ3) is 3.53. The van der Waals surface area contributed by atoms with Crippen molar-refractivity contribution < 1.29 is 23.0 Å². The molecule has 2 aliphatic heterocycles. The van der Waals surface area contributed by atoms with E-state index in [2.05, 4.69) is 31.1 Å². The number of carbonyl (C=O) groups is 1. The highest BCUT2D eigenvalue weighted by Gasteiger charge is 2.71. The Bertz CT molecular complexity index is 1280. The van der Waals surface area contributed by atoms with Gasteiger partial charge in [0.15, 0.2) is 0 Å². The molecule has 1 amide bonds. The molecule has 180 valence electrons. The summed E-state index contributed by atoms with van der Waals surface area (Å²) in [6.07, 6.45) is 2.60. The molecule has 0 radical (unpaired) electrons. The van der Waals surface area contributed by atoms with E-state index in [1.807, 2.05) is 24.4 Å². The standard InChI is InChI=1S/C25H28F2N4O3/c1-14(2)33-18-9-20-30-19(25-12-24(5,13-25)34-23(25,3)4)11-31(20)10-17(18)29-22(32)16-8-6-7-15(28-16)21(26)27/h6-11,14,21H,12-13H2,1-5H3,(H,29,32). The molecule has 1 saturated carbocycles. The first kappa shape index (κ1) is 22.7. The number of pyridine rings is 2. The largest absolute Gasteiger partial charge is 0.489 e. The predicted octanol–water partition coefficient (Wildman–Crippen LogP) is 5.31. The molecule has 9 heteroatoms. The normalized spacial score (nSPS) is 25.1. The van der Waals surface area contributed by atoms with Gasteiger partial charge in [-0.3, -0.25) is 4.79 Å². The number of rotatable bonds is 6. The highest BCUT2D eigenvalue weighted by Crippen LogP contribution is 2.66. The van der Waals surface area contributed by atoms with Gasteiger partial charge >= 0.3 is 0 Å². The number of fused-ring (bicyclic) bond motifs is 2. The molecule has 3 aromatic rings. The van der Waals surface area contributed by atoms with E-state index in [9.17, 15) is 13.6 Å². The van der Waals surface area contributed by atoms with Crippen LogP contribution in [0.2, 0.25) is 0 Å². The van der Waals surface area contributed by atoms with Crippen LogP contribution in [0, 0.1) is 0 Å². The fraction of sp³-hybridized carbons (Fsp3) is 0.480. The Labute approximate surface area is 196 Å². The first-order valence-electron chi connectivity index (χ1n) is 11.4. The van der Waals surface area contributed by atoms with Crippen LogP contribution in [0.1, 0.15) is 75.8 Å². The number of carbonyl (C=O) groups excluding carboxylic acids is 1. The average molecular weight is 471 g/mol. The zero-order valence-corrected chi connectivity index (χ0v) is 19.9. The van der Waals surface area contributed by atoms with E-state index in [0.29, 0.717) is 17.1 Å². The van der Waals surface area contributed by atoms with Gasteiger partial charge in [-0.2, -0.15) is 0 Å². The van der Waals surface area contributed by atoms with Gasteiger partial charge < -0.3 is 19.2 Å². The Morgan fingerprint density at radius 2 is 1.91 bits per heavy atom. The molecule has 6 rings (SSSR count). The molecule has 5 heterocycles. The summed E-state index contributed by atoms with van der Waals surface area (Å²) >= 11 is 0. The van der Waals surface area contributed by atoms with E-state index in [0.717, 1.165) is 18.5 Å². The van der Waals surface area contributed by atoms with Crippen LogP contribution in [-0.2, 0) is 10.2 Å². The molecule has 0 atom stereocenters. The number of ether oxygens (including phenoxy) is 2. The highest BCUT2D eigenvalue weighted by molar-refractivity contribution is 6.03. The van der Waals surface area contributed by atoms with Crippen molar-refractivity contribution in [2.45, 2.75) is 76.6 Å². The van der Waals surface area contributed by atoms with Gasteiger partial charge in [0.2, 0.25) is 0 Å². The fourth-order valence-electron chi connectivity index (χ4n) is 5.50. The number of nitrogens with zero attached hydrogens (tertiary/aromatic N) is 3. The summed E-state index contributed by atoms with van der Waals surface area (Å²) in [6, 6.07) is 5.75. The lowest BCUT2D eigenvalue weighted by molar-refractivity contribution is -0.0425. The number of hydrogen-bond acceptors (Lipinski definition) is 5. The molecule has 1 aliphatic carbocycles. The van der Waals surface area contributed by atoms with Gasteiger partial charge in [0.25, 0.3) is 12.3 Å². The number of nitrogens with one attached hydrogen (secondary N) is 1. The minimum absolute atomic E-state index is 0.0998. The zero-order valence-electron chi connectivity index (χ0n) is 19.9. The first-order chi connectivity index (χ1) is 15.9. The maximum Gasteiger partial charge on any atom is 0.280 e. The van der Waals surface area contributed by atoms with Gasteiger partial charge in [-0.25, -0.2) is 18.7 Å². The average Bonchev–Trinajstić information content (AvgIpc) is 3.29. The SMILES string of the molecule is CC(C)Oc1cc2nc(C34CC(C)(C3)OC4(C)C)cn2cc1NC(=O)c1cccc(C(F)F)n1. The van der Waals surface area contributed by atoms with Gasteiger partial charge in [-0.1, -0.05) is 6.07 Å². The van der Waals surface area contributed by atoms with E-state index in [1.165, 1.54) is 18.2 Å². The van der Waals surface area contributed by atoms with Crippen LogP contribution in [0.3, 0.4) is 0 Å². The molecule has 34 heavy (non-hydrogen) atoms. The molecule has 7 nitrogen and oxygen atoms in total. The quantitative estimate of drug-likeness (QED) is 0.529. The first-order valence-corrected chi connectivity index (χ1v) is 11.4. The lowest BCUT2D eigenvalue weighted by Gasteiger charge is -2.44. The molecule has 0 spiro atoms. The van der Waals surface area contributed by atoms with Crippen LogP contribution in [0.5, 0.6) is 5.75 Å². The summed E-state index contributed by atoms with van der Waals surface area (Å²) in [4.78, 5) is 21.5. The molecule has 0 aromatic carbocycles. The molecule has 3 aliphatic rings. The summed E-state index contributed by atoms with van der Waals surface area (Å²) in [5, 5.41) is 2.77. The number of amides is 1. The van der Waals surface area contributed by atoms with Gasteiger partial charge in [0.1, 0.15) is 28.5 Å². The second kappa shape index (κ2) is 7.46. The summed E-state index contributed by atoms with van der Waals surface area (Å²) in [5.41, 5.74) is 0.851. The number of hydrogen-bond donors (Lipinski definition) is 1. The van der Waals surface area contributed by atoms with Gasteiger partial charge in [-0.05, 0) is 59.6 Å². The molecule has 2 bridgehead atoms. The van der Waals surface area contributed by atoms with Crippen molar-refractivity contribution in [2.24, 2.45) is 0 Å². The third-order valence-electron chi connectivity index (χ3n) is 6.89. The molecule has 0 unspecified atom stereocenters. The minimum atomic E-state index is -2.76. The number of halogens is 2. The van der Waals surface area contributed by atoms with Crippen molar-refractivity contribution in [3.63, 3.8) is 0 Å². The van der Waals surface area contributed by atoms with E-state index >= 15 is 0 Å². The Balaban J connectivity index is 1.51. The fourth-order valence-corrected chi connectivity index (χ4v) is 5.50. The zero-order chi connectivity index (χ0) is 24.5. The van der Waals surface area contributed by atoms with Gasteiger partial charge in [0, 0.05) is 23.9 Å². The van der Waals surface area contributed by atoms with E-state index in [-0.39, 0.29) is 28.4 Å². The number of aromatic nitrogens is 3. The summed E-state index contributed by atoms with van der Waals surface area (Å²) < 4.78 is 40.2. The van der Waals surface area contributed by atoms with Crippen molar-refractivity contribution >= 4 is 17.2 Å². The minimum Gasteiger partial charge on any atom is -0.489 e. The van der Waals surface area contributed by atoms with Crippen LogP contribution < -0.4 is 10.1 Å². The maximum absolute atomic E-state index is 13.0. The second-order valence-corrected chi connectivity index (χ2v) is 10.3. The Kier molecular flexibility index (Phi) is 4.99. The molecule has 3 fully saturated rings. The Hall–Kier alpha value is -3.07. The number of anilines is 1. The van der Waals surface area contributed by atoms with Crippen LogP contribution in [0.4, 0.5) is 14.5 Å². The third-order valence-corrected chi connectivity index (χ3v) is 6.89. The Morgan fingerprint density at radius 3 is 2.53 bits per heavy atom.